The van der Waals surface area contributed by atoms with Crippen LogP contribution < -0.4 is 20.1 Å². The summed E-state index contributed by atoms with van der Waals surface area (Å²) >= 11 is 1.22. The summed E-state index contributed by atoms with van der Waals surface area (Å²) in [6.45, 7) is 2.06. The molecule has 0 unspecified atom stereocenters. The quantitative estimate of drug-likeness (QED) is 0.732. The number of rotatable bonds is 7. The molecule has 0 saturated heterocycles. The van der Waals surface area contributed by atoms with E-state index in [1.807, 2.05) is 0 Å². The molecule has 0 radical (unpaired) electrons. The number of thiazole rings is 1. The fraction of sp³-hybridized carbons (Fsp3) is 0.312. The van der Waals surface area contributed by atoms with Gasteiger partial charge in [-0.15, -0.1) is 11.3 Å². The topological polar surface area (TPSA) is 98.8 Å². The molecule has 25 heavy (non-hydrogen) atoms. The maximum atomic E-state index is 12.1. The Bertz CT molecular complexity index is 747. The van der Waals surface area contributed by atoms with Crippen molar-refractivity contribution in [3.05, 3.63) is 29.3 Å². The first kappa shape index (κ1) is 18.5. The highest BCUT2D eigenvalue weighted by molar-refractivity contribution is 7.13. The molecular formula is C16H19N3O5S. The van der Waals surface area contributed by atoms with E-state index in [-0.39, 0.29) is 12.4 Å². The number of carbonyl (C=O) groups excluding carboxylic acids is 2. The molecule has 2 rings (SSSR count). The summed E-state index contributed by atoms with van der Waals surface area (Å²) in [6, 6.07) is 4.58. The zero-order valence-corrected chi connectivity index (χ0v) is 14.9. The van der Waals surface area contributed by atoms with Gasteiger partial charge in [0, 0.05) is 11.4 Å². The van der Waals surface area contributed by atoms with Crippen LogP contribution in [0.2, 0.25) is 0 Å². The predicted octanol–water partition coefficient (Wildman–Crippen LogP) is 2.91. The molecule has 0 saturated carbocycles. The fourth-order valence-electron chi connectivity index (χ4n) is 1.97. The number of aromatic nitrogens is 1. The number of nitrogens with one attached hydrogen (secondary N) is 2. The van der Waals surface area contributed by atoms with Gasteiger partial charge in [-0.25, -0.2) is 9.78 Å². The van der Waals surface area contributed by atoms with Gasteiger partial charge in [0.15, 0.2) is 5.13 Å². The van der Waals surface area contributed by atoms with Crippen LogP contribution in [0, 0.1) is 0 Å². The summed E-state index contributed by atoms with van der Waals surface area (Å²) in [4.78, 5) is 27.8. The lowest BCUT2D eigenvalue weighted by molar-refractivity contribution is -0.142. The number of hydrogen-bond donors (Lipinski definition) is 2. The van der Waals surface area contributed by atoms with Gasteiger partial charge in [0.05, 0.1) is 38.6 Å². The summed E-state index contributed by atoms with van der Waals surface area (Å²) in [5.74, 6) is 0.727. The Balaban J connectivity index is 1.99. The van der Waals surface area contributed by atoms with Crippen LogP contribution in [0.25, 0.3) is 0 Å². The predicted molar refractivity (Wildman–Crippen MR) is 94.6 cm³/mol. The number of benzene rings is 1. The number of amides is 2. The molecule has 1 heterocycles. The van der Waals surface area contributed by atoms with Gasteiger partial charge in [0.25, 0.3) is 0 Å². The SMILES string of the molecule is CCOC(=O)Cc1csc(NC(=O)Nc2cc(OC)ccc2OC)n1. The Kier molecular flexibility index (Phi) is 6.58. The van der Waals surface area contributed by atoms with Crippen LogP contribution in [0.5, 0.6) is 11.5 Å². The second-order valence-electron chi connectivity index (χ2n) is 4.77. The molecule has 1 aromatic carbocycles. The lowest BCUT2D eigenvalue weighted by Gasteiger charge is -2.11. The Labute approximate surface area is 149 Å². The van der Waals surface area contributed by atoms with Crippen LogP contribution in [0.1, 0.15) is 12.6 Å². The molecule has 8 nitrogen and oxygen atoms in total. The lowest BCUT2D eigenvalue weighted by Crippen LogP contribution is -2.20. The van der Waals surface area contributed by atoms with E-state index >= 15 is 0 Å². The number of ether oxygens (including phenoxy) is 3. The maximum Gasteiger partial charge on any atom is 0.325 e. The Morgan fingerprint density at radius 2 is 2.00 bits per heavy atom. The monoisotopic (exact) mass is 365 g/mol. The van der Waals surface area contributed by atoms with Crippen molar-refractivity contribution in [1.29, 1.82) is 0 Å². The molecule has 0 aliphatic carbocycles. The second kappa shape index (κ2) is 8.88. The molecule has 2 N–H and O–H groups in total. The van der Waals surface area contributed by atoms with E-state index in [1.54, 1.807) is 30.5 Å². The highest BCUT2D eigenvalue weighted by Crippen LogP contribution is 2.29. The van der Waals surface area contributed by atoms with Crippen LogP contribution >= 0.6 is 11.3 Å². The standard InChI is InChI=1S/C16H19N3O5S/c1-4-24-14(20)7-10-9-25-16(17-10)19-15(21)18-12-8-11(22-2)5-6-13(12)23-3/h5-6,8-9H,4,7H2,1-3H3,(H2,17,18,19,21). The summed E-state index contributed by atoms with van der Waals surface area (Å²) in [5.41, 5.74) is 1.00. The van der Waals surface area contributed by atoms with Crippen molar-refractivity contribution in [2.24, 2.45) is 0 Å². The highest BCUT2D eigenvalue weighted by Gasteiger charge is 2.12. The van der Waals surface area contributed by atoms with Crippen LogP contribution in [0.15, 0.2) is 23.6 Å². The summed E-state index contributed by atoms with van der Waals surface area (Å²) < 4.78 is 15.2. The third kappa shape index (κ3) is 5.35. The van der Waals surface area contributed by atoms with Crippen LogP contribution in [0.4, 0.5) is 15.6 Å². The van der Waals surface area contributed by atoms with E-state index in [2.05, 4.69) is 15.6 Å². The second-order valence-corrected chi connectivity index (χ2v) is 5.63. The molecule has 2 amide bonds. The van der Waals surface area contributed by atoms with Gasteiger partial charge < -0.3 is 19.5 Å². The van der Waals surface area contributed by atoms with E-state index in [0.29, 0.717) is 34.6 Å². The first-order valence-electron chi connectivity index (χ1n) is 7.45. The van der Waals surface area contributed by atoms with Gasteiger partial charge in [-0.1, -0.05) is 0 Å². The number of anilines is 2. The van der Waals surface area contributed by atoms with E-state index < -0.39 is 6.03 Å². The molecule has 2 aromatic rings. The summed E-state index contributed by atoms with van der Waals surface area (Å²) in [6.07, 6.45) is 0.0668. The van der Waals surface area contributed by atoms with Crippen molar-refractivity contribution in [2.45, 2.75) is 13.3 Å². The molecule has 0 aliphatic rings. The first-order valence-corrected chi connectivity index (χ1v) is 8.33. The third-order valence-electron chi connectivity index (χ3n) is 3.06. The number of methoxy groups -OCH3 is 2. The molecule has 0 atom stereocenters. The highest BCUT2D eigenvalue weighted by atomic mass is 32.1. The Hall–Kier alpha value is -2.81. The average molecular weight is 365 g/mol. The van der Waals surface area contributed by atoms with Crippen molar-refractivity contribution >= 4 is 34.2 Å². The normalized spacial score (nSPS) is 10.0. The van der Waals surface area contributed by atoms with Crippen LogP contribution in [-0.4, -0.2) is 37.8 Å². The number of carbonyl (C=O) groups is 2. The van der Waals surface area contributed by atoms with Gasteiger partial charge in [-0.05, 0) is 19.1 Å². The van der Waals surface area contributed by atoms with E-state index in [0.717, 1.165) is 0 Å². The molecule has 0 spiro atoms. The molecule has 134 valence electrons. The maximum absolute atomic E-state index is 12.1. The third-order valence-corrected chi connectivity index (χ3v) is 3.86. The number of esters is 1. The van der Waals surface area contributed by atoms with E-state index in [4.69, 9.17) is 14.2 Å². The zero-order chi connectivity index (χ0) is 18.2. The molecular weight excluding hydrogens is 346 g/mol. The fourth-order valence-corrected chi connectivity index (χ4v) is 2.67. The van der Waals surface area contributed by atoms with Crippen molar-refractivity contribution in [3.63, 3.8) is 0 Å². The molecule has 0 fully saturated rings. The van der Waals surface area contributed by atoms with Crippen molar-refractivity contribution < 1.29 is 23.8 Å². The molecule has 0 bridgehead atoms. The lowest BCUT2D eigenvalue weighted by atomic mass is 10.2. The van der Waals surface area contributed by atoms with Crippen molar-refractivity contribution in [1.82, 2.24) is 4.98 Å². The van der Waals surface area contributed by atoms with E-state index in [9.17, 15) is 9.59 Å². The van der Waals surface area contributed by atoms with Crippen molar-refractivity contribution in [2.75, 3.05) is 31.5 Å². The number of nitrogens with zero attached hydrogens (tertiary/aromatic N) is 1. The van der Waals surface area contributed by atoms with Gasteiger partial charge in [0.1, 0.15) is 11.5 Å². The molecule has 9 heteroatoms. The van der Waals surface area contributed by atoms with Crippen molar-refractivity contribution in [3.8, 4) is 11.5 Å². The smallest absolute Gasteiger partial charge is 0.325 e. The van der Waals surface area contributed by atoms with Gasteiger partial charge in [0.2, 0.25) is 0 Å². The minimum Gasteiger partial charge on any atom is -0.497 e. The Morgan fingerprint density at radius 3 is 2.68 bits per heavy atom. The Morgan fingerprint density at radius 1 is 1.20 bits per heavy atom. The van der Waals surface area contributed by atoms with Crippen LogP contribution in [-0.2, 0) is 16.0 Å². The van der Waals surface area contributed by atoms with Gasteiger partial charge >= 0.3 is 12.0 Å². The minimum atomic E-state index is -0.483. The number of hydrogen-bond acceptors (Lipinski definition) is 7. The summed E-state index contributed by atoms with van der Waals surface area (Å²) in [5, 5.41) is 7.36. The number of urea groups is 1. The van der Waals surface area contributed by atoms with E-state index in [1.165, 1.54) is 25.6 Å². The van der Waals surface area contributed by atoms with Crippen LogP contribution in [0.3, 0.4) is 0 Å². The largest absolute Gasteiger partial charge is 0.497 e. The van der Waals surface area contributed by atoms with Gasteiger partial charge in [-0.3, -0.25) is 10.1 Å². The molecule has 1 aromatic heterocycles. The molecule has 0 aliphatic heterocycles. The first-order chi connectivity index (χ1) is 12.0. The van der Waals surface area contributed by atoms with Gasteiger partial charge in [-0.2, -0.15) is 0 Å². The minimum absolute atomic E-state index is 0.0668. The zero-order valence-electron chi connectivity index (χ0n) is 14.1. The summed E-state index contributed by atoms with van der Waals surface area (Å²) in [7, 11) is 3.04. The average Bonchev–Trinajstić information content (AvgIpc) is 3.01.